The summed E-state index contributed by atoms with van der Waals surface area (Å²) in [6.07, 6.45) is 0. The number of methoxy groups -OCH3 is 1. The van der Waals surface area contributed by atoms with E-state index in [4.69, 9.17) is 16.3 Å². The number of rotatable bonds is 3. The summed E-state index contributed by atoms with van der Waals surface area (Å²) in [5.41, 5.74) is 1.28. The van der Waals surface area contributed by atoms with Crippen molar-refractivity contribution in [1.82, 2.24) is 0 Å². The highest BCUT2D eigenvalue weighted by Gasteiger charge is 2.03. The van der Waals surface area contributed by atoms with Crippen molar-refractivity contribution in [3.05, 3.63) is 53.6 Å². The number of hydrogen-bond donors (Lipinski definition) is 2. The quantitative estimate of drug-likeness (QED) is 0.890. The molecule has 0 unspecified atom stereocenters. The lowest BCUT2D eigenvalue weighted by atomic mass is 10.3. The van der Waals surface area contributed by atoms with E-state index in [1.165, 1.54) is 0 Å². The molecular formula is C14H13ClN2O2. The highest BCUT2D eigenvalue weighted by Crippen LogP contribution is 2.18. The van der Waals surface area contributed by atoms with Gasteiger partial charge in [-0.2, -0.15) is 0 Å². The lowest BCUT2D eigenvalue weighted by Gasteiger charge is -2.08. The SMILES string of the molecule is COc1cccc(NC(=O)Nc2cccc(Cl)c2)c1. The molecule has 19 heavy (non-hydrogen) atoms. The molecule has 0 heterocycles. The van der Waals surface area contributed by atoms with E-state index in [9.17, 15) is 4.79 Å². The molecule has 0 atom stereocenters. The maximum Gasteiger partial charge on any atom is 0.323 e. The minimum atomic E-state index is -0.337. The van der Waals surface area contributed by atoms with E-state index in [1.807, 2.05) is 0 Å². The molecule has 4 nitrogen and oxygen atoms in total. The summed E-state index contributed by atoms with van der Waals surface area (Å²) in [7, 11) is 1.57. The van der Waals surface area contributed by atoms with E-state index >= 15 is 0 Å². The zero-order valence-corrected chi connectivity index (χ0v) is 11.1. The Morgan fingerprint density at radius 3 is 2.32 bits per heavy atom. The van der Waals surface area contributed by atoms with E-state index in [1.54, 1.807) is 55.6 Å². The fourth-order valence-electron chi connectivity index (χ4n) is 1.56. The van der Waals surface area contributed by atoms with Gasteiger partial charge in [0.25, 0.3) is 0 Å². The van der Waals surface area contributed by atoms with Gasteiger partial charge in [0, 0.05) is 22.5 Å². The van der Waals surface area contributed by atoms with Gasteiger partial charge in [-0.25, -0.2) is 4.79 Å². The molecule has 0 aliphatic heterocycles. The summed E-state index contributed by atoms with van der Waals surface area (Å²) in [6, 6.07) is 13.7. The smallest absolute Gasteiger partial charge is 0.323 e. The van der Waals surface area contributed by atoms with Crippen LogP contribution in [-0.4, -0.2) is 13.1 Å². The van der Waals surface area contributed by atoms with Gasteiger partial charge in [-0.3, -0.25) is 0 Å². The zero-order valence-electron chi connectivity index (χ0n) is 10.3. The minimum Gasteiger partial charge on any atom is -0.497 e. The summed E-state index contributed by atoms with van der Waals surface area (Å²) in [5, 5.41) is 5.97. The highest BCUT2D eigenvalue weighted by atomic mass is 35.5. The van der Waals surface area contributed by atoms with Gasteiger partial charge >= 0.3 is 6.03 Å². The monoisotopic (exact) mass is 276 g/mol. The molecule has 0 aliphatic rings. The van der Waals surface area contributed by atoms with Gasteiger partial charge < -0.3 is 15.4 Å². The average Bonchev–Trinajstić information content (AvgIpc) is 2.38. The van der Waals surface area contributed by atoms with E-state index in [0.29, 0.717) is 22.1 Å². The van der Waals surface area contributed by atoms with Crippen LogP contribution in [0.1, 0.15) is 0 Å². The molecule has 2 aromatic rings. The average molecular weight is 277 g/mol. The van der Waals surface area contributed by atoms with E-state index in [-0.39, 0.29) is 6.03 Å². The maximum atomic E-state index is 11.8. The second-order valence-electron chi connectivity index (χ2n) is 3.82. The van der Waals surface area contributed by atoms with Crippen LogP contribution in [-0.2, 0) is 0 Å². The first-order chi connectivity index (χ1) is 9.17. The summed E-state index contributed by atoms with van der Waals surface area (Å²) < 4.78 is 5.08. The predicted molar refractivity (Wildman–Crippen MR) is 77.1 cm³/mol. The molecule has 2 amide bonds. The summed E-state index contributed by atoms with van der Waals surface area (Å²) in [5.74, 6) is 0.681. The van der Waals surface area contributed by atoms with Crippen LogP contribution in [0.25, 0.3) is 0 Å². The highest BCUT2D eigenvalue weighted by molar-refractivity contribution is 6.30. The van der Waals surface area contributed by atoms with Crippen molar-refractivity contribution in [2.75, 3.05) is 17.7 Å². The summed E-state index contributed by atoms with van der Waals surface area (Å²) in [4.78, 5) is 11.8. The van der Waals surface area contributed by atoms with Crippen LogP contribution in [0.15, 0.2) is 48.5 Å². The van der Waals surface area contributed by atoms with Crippen LogP contribution in [0, 0.1) is 0 Å². The van der Waals surface area contributed by atoms with Gasteiger partial charge in [-0.1, -0.05) is 23.7 Å². The molecule has 0 saturated carbocycles. The molecule has 2 aromatic carbocycles. The molecule has 2 N–H and O–H groups in total. The summed E-state index contributed by atoms with van der Waals surface area (Å²) in [6.45, 7) is 0. The fourth-order valence-corrected chi connectivity index (χ4v) is 1.75. The summed E-state index contributed by atoms with van der Waals surface area (Å²) >= 11 is 5.84. The van der Waals surface area contributed by atoms with Gasteiger partial charge in [-0.05, 0) is 30.3 Å². The first-order valence-corrected chi connectivity index (χ1v) is 6.03. The second-order valence-corrected chi connectivity index (χ2v) is 4.26. The maximum absolute atomic E-state index is 11.8. The molecule has 5 heteroatoms. The zero-order chi connectivity index (χ0) is 13.7. The van der Waals surface area contributed by atoms with Crippen LogP contribution >= 0.6 is 11.6 Å². The Bertz CT molecular complexity index is 587. The van der Waals surface area contributed by atoms with Crippen molar-refractivity contribution in [3.63, 3.8) is 0 Å². The number of nitrogens with one attached hydrogen (secondary N) is 2. The van der Waals surface area contributed by atoms with E-state index in [2.05, 4.69) is 10.6 Å². The van der Waals surface area contributed by atoms with Gasteiger partial charge in [0.05, 0.1) is 7.11 Å². The van der Waals surface area contributed by atoms with Gasteiger partial charge in [0.1, 0.15) is 5.75 Å². The van der Waals surface area contributed by atoms with E-state index < -0.39 is 0 Å². The minimum absolute atomic E-state index is 0.337. The van der Waals surface area contributed by atoms with Gasteiger partial charge in [-0.15, -0.1) is 0 Å². The van der Waals surface area contributed by atoms with Crippen LogP contribution in [0.3, 0.4) is 0 Å². The van der Waals surface area contributed by atoms with Crippen molar-refractivity contribution in [2.45, 2.75) is 0 Å². The molecular weight excluding hydrogens is 264 g/mol. The Hall–Kier alpha value is -2.20. The molecule has 0 saturated heterocycles. The molecule has 0 bridgehead atoms. The first kappa shape index (κ1) is 13.2. The van der Waals surface area contributed by atoms with Crippen LogP contribution in [0.5, 0.6) is 5.75 Å². The number of anilines is 2. The third kappa shape index (κ3) is 3.89. The second kappa shape index (κ2) is 6.11. The number of halogens is 1. The van der Waals surface area contributed by atoms with Crippen LogP contribution in [0.2, 0.25) is 5.02 Å². The van der Waals surface area contributed by atoms with E-state index in [0.717, 1.165) is 0 Å². The van der Waals surface area contributed by atoms with Crippen molar-refractivity contribution in [1.29, 1.82) is 0 Å². The Morgan fingerprint density at radius 2 is 1.68 bits per heavy atom. The molecule has 0 fully saturated rings. The number of carbonyl (C=O) groups is 1. The Kier molecular flexibility index (Phi) is 4.26. The molecule has 0 aliphatic carbocycles. The largest absolute Gasteiger partial charge is 0.497 e. The number of carbonyl (C=O) groups excluding carboxylic acids is 1. The number of ether oxygens (including phenoxy) is 1. The number of hydrogen-bond acceptors (Lipinski definition) is 2. The predicted octanol–water partition coefficient (Wildman–Crippen LogP) is 3.99. The molecule has 98 valence electrons. The van der Waals surface area contributed by atoms with Crippen LogP contribution in [0.4, 0.5) is 16.2 Å². The topological polar surface area (TPSA) is 50.4 Å². The van der Waals surface area contributed by atoms with Crippen molar-refractivity contribution in [2.24, 2.45) is 0 Å². The third-order valence-corrected chi connectivity index (χ3v) is 2.65. The lowest BCUT2D eigenvalue weighted by Crippen LogP contribution is -2.19. The van der Waals surface area contributed by atoms with Crippen LogP contribution < -0.4 is 15.4 Å². The standard InChI is InChI=1S/C14H13ClN2O2/c1-19-13-7-3-6-12(9-13)17-14(18)16-11-5-2-4-10(15)8-11/h2-9H,1H3,(H2,16,17,18). The number of benzene rings is 2. The molecule has 2 rings (SSSR count). The van der Waals surface area contributed by atoms with Gasteiger partial charge in [0.2, 0.25) is 0 Å². The molecule has 0 spiro atoms. The van der Waals surface area contributed by atoms with Crippen molar-refractivity contribution < 1.29 is 9.53 Å². The Labute approximate surface area is 116 Å². The van der Waals surface area contributed by atoms with Crippen molar-refractivity contribution in [3.8, 4) is 5.75 Å². The number of amides is 2. The fraction of sp³-hybridized carbons (Fsp3) is 0.0714. The first-order valence-electron chi connectivity index (χ1n) is 5.65. The Morgan fingerprint density at radius 1 is 1.05 bits per heavy atom. The van der Waals surface area contributed by atoms with Gasteiger partial charge in [0.15, 0.2) is 0 Å². The molecule has 0 aromatic heterocycles. The lowest BCUT2D eigenvalue weighted by molar-refractivity contribution is 0.262. The normalized spacial score (nSPS) is 9.79. The number of urea groups is 1. The third-order valence-electron chi connectivity index (χ3n) is 2.41. The van der Waals surface area contributed by atoms with Crippen molar-refractivity contribution >= 4 is 29.0 Å². The molecule has 0 radical (unpaired) electrons. The Balaban J connectivity index is 2.01.